The van der Waals surface area contributed by atoms with Crippen LogP contribution in [-0.4, -0.2) is 5.50 Å². The molecule has 0 bridgehead atoms. The summed E-state index contributed by atoms with van der Waals surface area (Å²) in [6.45, 7) is 0. The highest BCUT2D eigenvalue weighted by molar-refractivity contribution is 8.00. The van der Waals surface area contributed by atoms with Gasteiger partial charge < -0.3 is 11.5 Å². The van der Waals surface area contributed by atoms with Gasteiger partial charge in [0.2, 0.25) is 0 Å². The first-order valence-electron chi connectivity index (χ1n) is 6.50. The van der Waals surface area contributed by atoms with E-state index in [1.807, 2.05) is 36.4 Å². The van der Waals surface area contributed by atoms with Crippen LogP contribution in [0.1, 0.15) is 21.9 Å². The van der Waals surface area contributed by atoms with Crippen LogP contribution in [0.2, 0.25) is 5.02 Å². The number of nitrogens with two attached hydrogens (primary N) is 2. The smallest absolute Gasteiger partial charge is 0.101 e. The minimum absolute atomic E-state index is 0.0803. The van der Waals surface area contributed by atoms with Crippen LogP contribution in [0.5, 0.6) is 0 Å². The highest BCUT2D eigenvalue weighted by Gasteiger charge is 2.17. The molecular weight excluding hydrogens is 302 g/mol. The number of thioether (sulfide) groups is 1. The highest BCUT2D eigenvalue weighted by atomic mass is 35.5. The zero-order valence-corrected chi connectivity index (χ0v) is 12.9. The fourth-order valence-electron chi connectivity index (χ4n) is 2.14. The van der Waals surface area contributed by atoms with E-state index in [0.29, 0.717) is 17.0 Å². The molecule has 0 amide bonds. The molecule has 0 aliphatic carbocycles. The lowest BCUT2D eigenvalue weighted by Gasteiger charge is -2.20. The normalized spacial score (nSPS) is 12.1. The molecule has 0 aliphatic heterocycles. The van der Waals surface area contributed by atoms with Crippen molar-refractivity contribution >= 4 is 23.4 Å². The maximum absolute atomic E-state index is 9.23. The zero-order chi connectivity index (χ0) is 15.2. The van der Waals surface area contributed by atoms with Crippen LogP contribution >= 0.6 is 23.4 Å². The molecule has 0 aromatic heterocycles. The van der Waals surface area contributed by atoms with Crippen molar-refractivity contribution in [3.05, 3.63) is 70.2 Å². The Morgan fingerprint density at radius 1 is 1.14 bits per heavy atom. The van der Waals surface area contributed by atoms with Crippen molar-refractivity contribution in [1.82, 2.24) is 0 Å². The summed E-state index contributed by atoms with van der Waals surface area (Å²) in [5.74, 6) is 0. The molecule has 0 radical (unpaired) electrons. The molecule has 3 nitrogen and oxygen atoms in total. The molecular formula is C16H16ClN3S. The summed E-state index contributed by atoms with van der Waals surface area (Å²) in [6.07, 6.45) is 0.656. The van der Waals surface area contributed by atoms with Gasteiger partial charge in [-0.05, 0) is 35.7 Å². The van der Waals surface area contributed by atoms with Gasteiger partial charge in [-0.1, -0.05) is 41.9 Å². The van der Waals surface area contributed by atoms with E-state index in [1.54, 1.807) is 12.1 Å². The standard InChI is InChI=1S/C16H16ClN3S/c17-14-7-6-12(10-18)13(8-14)9-15(21-16(19)20)11-4-2-1-3-5-11/h1-8,15-16H,9,19-20H2. The first-order valence-corrected chi connectivity index (χ1v) is 7.82. The van der Waals surface area contributed by atoms with E-state index in [9.17, 15) is 5.26 Å². The van der Waals surface area contributed by atoms with Gasteiger partial charge in [0.25, 0.3) is 0 Å². The van der Waals surface area contributed by atoms with E-state index in [2.05, 4.69) is 6.07 Å². The third-order valence-corrected chi connectivity index (χ3v) is 4.40. The first-order chi connectivity index (χ1) is 10.1. The Bertz CT molecular complexity index is 638. The van der Waals surface area contributed by atoms with E-state index in [1.165, 1.54) is 11.8 Å². The van der Waals surface area contributed by atoms with Crippen molar-refractivity contribution in [3.63, 3.8) is 0 Å². The topological polar surface area (TPSA) is 75.8 Å². The zero-order valence-electron chi connectivity index (χ0n) is 11.4. The second kappa shape index (κ2) is 7.48. The summed E-state index contributed by atoms with van der Waals surface area (Å²) in [7, 11) is 0. The number of benzene rings is 2. The molecule has 2 aromatic carbocycles. The molecule has 0 saturated heterocycles. The van der Waals surface area contributed by atoms with Crippen LogP contribution in [0.25, 0.3) is 0 Å². The van der Waals surface area contributed by atoms with Crippen LogP contribution in [0.4, 0.5) is 0 Å². The Morgan fingerprint density at radius 3 is 2.48 bits per heavy atom. The third kappa shape index (κ3) is 4.48. The number of hydrogen-bond acceptors (Lipinski definition) is 4. The summed E-state index contributed by atoms with van der Waals surface area (Å²) in [6, 6.07) is 17.5. The second-order valence-corrected chi connectivity index (χ2v) is 6.44. The van der Waals surface area contributed by atoms with E-state index in [4.69, 9.17) is 23.1 Å². The van der Waals surface area contributed by atoms with Gasteiger partial charge in [0.05, 0.1) is 11.6 Å². The quantitative estimate of drug-likeness (QED) is 0.828. The van der Waals surface area contributed by atoms with Gasteiger partial charge in [-0.2, -0.15) is 5.26 Å². The molecule has 0 aliphatic rings. The number of nitriles is 1. The van der Waals surface area contributed by atoms with Crippen LogP contribution in [0, 0.1) is 11.3 Å². The van der Waals surface area contributed by atoms with Gasteiger partial charge in [0.15, 0.2) is 0 Å². The summed E-state index contributed by atoms with van der Waals surface area (Å²) in [5.41, 5.74) is 13.7. The fraction of sp³-hybridized carbons (Fsp3) is 0.188. The predicted octanol–water partition coefficient (Wildman–Crippen LogP) is 3.43. The van der Waals surface area contributed by atoms with E-state index >= 15 is 0 Å². The SMILES string of the molecule is N#Cc1ccc(Cl)cc1CC(SC(N)N)c1ccccc1. The lowest BCUT2D eigenvalue weighted by molar-refractivity contribution is 0.898. The Hall–Kier alpha value is -1.51. The lowest BCUT2D eigenvalue weighted by Crippen LogP contribution is -2.27. The van der Waals surface area contributed by atoms with Crippen LogP contribution in [0.15, 0.2) is 48.5 Å². The number of halogens is 1. The predicted molar refractivity (Wildman–Crippen MR) is 88.8 cm³/mol. The van der Waals surface area contributed by atoms with Gasteiger partial charge in [-0.15, -0.1) is 11.8 Å². The van der Waals surface area contributed by atoms with E-state index < -0.39 is 5.50 Å². The van der Waals surface area contributed by atoms with Crippen molar-refractivity contribution < 1.29 is 0 Å². The highest BCUT2D eigenvalue weighted by Crippen LogP contribution is 2.34. The Kier molecular flexibility index (Phi) is 5.66. The number of rotatable bonds is 5. The van der Waals surface area contributed by atoms with Crippen LogP contribution < -0.4 is 11.5 Å². The molecule has 0 heterocycles. The van der Waals surface area contributed by atoms with Gasteiger partial charge in [0.1, 0.15) is 5.50 Å². The average Bonchev–Trinajstić information content (AvgIpc) is 2.47. The van der Waals surface area contributed by atoms with Gasteiger partial charge in [0, 0.05) is 10.3 Å². The molecule has 2 rings (SSSR count). The fourth-order valence-corrected chi connectivity index (χ4v) is 3.31. The molecule has 1 unspecified atom stereocenters. The minimum Gasteiger partial charge on any atom is -0.307 e. The molecule has 0 fully saturated rings. The monoisotopic (exact) mass is 317 g/mol. The average molecular weight is 318 g/mol. The van der Waals surface area contributed by atoms with Crippen molar-refractivity contribution in [2.24, 2.45) is 11.5 Å². The molecule has 1 atom stereocenters. The first kappa shape index (κ1) is 15.9. The number of hydrogen-bond donors (Lipinski definition) is 2. The second-order valence-electron chi connectivity index (χ2n) is 4.62. The molecule has 108 valence electrons. The Morgan fingerprint density at radius 2 is 1.86 bits per heavy atom. The Balaban J connectivity index is 2.32. The summed E-state index contributed by atoms with van der Waals surface area (Å²) in [5, 5.41) is 9.93. The molecule has 4 N–H and O–H groups in total. The molecule has 0 spiro atoms. The van der Waals surface area contributed by atoms with Gasteiger partial charge in [-0.25, -0.2) is 0 Å². The summed E-state index contributed by atoms with van der Waals surface area (Å²) < 4.78 is 0. The molecule has 5 heteroatoms. The van der Waals surface area contributed by atoms with E-state index in [0.717, 1.165) is 11.1 Å². The van der Waals surface area contributed by atoms with Crippen LogP contribution in [0.3, 0.4) is 0 Å². The minimum atomic E-state index is -0.472. The van der Waals surface area contributed by atoms with Gasteiger partial charge >= 0.3 is 0 Å². The van der Waals surface area contributed by atoms with Crippen LogP contribution in [-0.2, 0) is 6.42 Å². The summed E-state index contributed by atoms with van der Waals surface area (Å²) in [4.78, 5) is 0. The summed E-state index contributed by atoms with van der Waals surface area (Å²) >= 11 is 7.52. The van der Waals surface area contributed by atoms with Crippen molar-refractivity contribution in [2.75, 3.05) is 0 Å². The number of nitrogens with zero attached hydrogens (tertiary/aromatic N) is 1. The molecule has 2 aromatic rings. The van der Waals surface area contributed by atoms with E-state index in [-0.39, 0.29) is 5.25 Å². The molecule has 21 heavy (non-hydrogen) atoms. The Labute approximate surface area is 133 Å². The largest absolute Gasteiger partial charge is 0.307 e. The van der Waals surface area contributed by atoms with Crippen molar-refractivity contribution in [1.29, 1.82) is 5.26 Å². The lowest BCUT2D eigenvalue weighted by atomic mass is 10.00. The molecule has 0 saturated carbocycles. The van der Waals surface area contributed by atoms with Crippen molar-refractivity contribution in [3.8, 4) is 6.07 Å². The maximum atomic E-state index is 9.23. The third-order valence-electron chi connectivity index (χ3n) is 3.09. The van der Waals surface area contributed by atoms with Crippen molar-refractivity contribution in [2.45, 2.75) is 17.2 Å². The maximum Gasteiger partial charge on any atom is 0.101 e. The van der Waals surface area contributed by atoms with Gasteiger partial charge in [-0.3, -0.25) is 0 Å².